The van der Waals surface area contributed by atoms with E-state index in [1.54, 1.807) is 9.80 Å². The molecule has 2 aliphatic rings. The third-order valence-electron chi connectivity index (χ3n) is 3.61. The van der Waals surface area contributed by atoms with Crippen LogP contribution in [0.3, 0.4) is 0 Å². The van der Waals surface area contributed by atoms with Gasteiger partial charge in [0.2, 0.25) is 0 Å². The van der Waals surface area contributed by atoms with Crippen molar-refractivity contribution in [2.75, 3.05) is 24.6 Å². The van der Waals surface area contributed by atoms with E-state index in [-0.39, 0.29) is 18.2 Å². The number of carbonyl (C=O) groups excluding carboxylic acids is 2. The molecular weight excluding hydrogens is 284 g/mol. The van der Waals surface area contributed by atoms with Crippen LogP contribution in [0.4, 0.5) is 9.59 Å². The van der Waals surface area contributed by atoms with Crippen LogP contribution in [0.5, 0.6) is 0 Å². The molecule has 2 unspecified atom stereocenters. The number of nitrogens with zero attached hydrogens (tertiary/aromatic N) is 2. The van der Waals surface area contributed by atoms with Gasteiger partial charge in [-0.25, -0.2) is 9.59 Å². The molecule has 8 heteroatoms. The van der Waals surface area contributed by atoms with Gasteiger partial charge < -0.3 is 10.6 Å². The van der Waals surface area contributed by atoms with Gasteiger partial charge in [0.05, 0.1) is 0 Å². The predicted molar refractivity (Wildman–Crippen MR) is 79.6 cm³/mol. The lowest BCUT2D eigenvalue weighted by Crippen LogP contribution is -2.56. The first-order valence-corrected chi connectivity index (χ1v) is 7.69. The monoisotopic (exact) mass is 304 g/mol. The maximum absolute atomic E-state index is 12.5. The maximum Gasteiger partial charge on any atom is 0.323 e. The molecule has 2 fully saturated rings. The Bertz CT molecular complexity index is 382. The molecule has 0 aromatic carbocycles. The van der Waals surface area contributed by atoms with Crippen LogP contribution in [0.25, 0.3) is 0 Å². The number of fused-ring (bicyclic) bond motifs is 1. The molecule has 2 atom stereocenters. The molecule has 0 bridgehead atoms. The number of thiol groups is 2. The highest BCUT2D eigenvalue weighted by atomic mass is 32.1. The van der Waals surface area contributed by atoms with E-state index in [1.165, 1.54) is 0 Å². The Balaban J connectivity index is 2.19. The number of urea groups is 2. The Morgan fingerprint density at radius 1 is 1.21 bits per heavy atom. The van der Waals surface area contributed by atoms with Crippen molar-refractivity contribution in [2.45, 2.75) is 31.6 Å². The molecule has 0 spiro atoms. The molecule has 2 N–H and O–H groups in total. The zero-order chi connectivity index (χ0) is 14.0. The highest BCUT2D eigenvalue weighted by Gasteiger charge is 2.58. The van der Waals surface area contributed by atoms with Gasteiger partial charge >= 0.3 is 12.1 Å². The average molecular weight is 304 g/mol. The van der Waals surface area contributed by atoms with Gasteiger partial charge in [0.25, 0.3) is 0 Å². The van der Waals surface area contributed by atoms with Gasteiger partial charge in [0.15, 0.2) is 5.66 Å². The average Bonchev–Trinajstić information content (AvgIpc) is 2.74. The van der Waals surface area contributed by atoms with Crippen LogP contribution in [0, 0.1) is 0 Å². The molecule has 108 valence electrons. The van der Waals surface area contributed by atoms with Crippen LogP contribution in [-0.4, -0.2) is 58.3 Å². The second kappa shape index (κ2) is 5.70. The molecule has 4 amide bonds. The summed E-state index contributed by atoms with van der Waals surface area (Å²) in [6.07, 6.45) is 1.29. The third kappa shape index (κ3) is 2.47. The highest BCUT2D eigenvalue weighted by Crippen LogP contribution is 2.32. The molecule has 2 rings (SSSR count). The van der Waals surface area contributed by atoms with E-state index in [0.29, 0.717) is 24.6 Å². The van der Waals surface area contributed by atoms with E-state index in [4.69, 9.17) is 0 Å². The van der Waals surface area contributed by atoms with Crippen LogP contribution < -0.4 is 10.6 Å². The minimum Gasteiger partial charge on any atom is -0.314 e. The predicted octanol–water partition coefficient (Wildman–Crippen LogP) is 0.719. The molecule has 0 aromatic heterocycles. The summed E-state index contributed by atoms with van der Waals surface area (Å²) in [6.45, 7) is 3.07. The van der Waals surface area contributed by atoms with Crippen molar-refractivity contribution in [3.05, 3.63) is 0 Å². The number of nitrogens with one attached hydrogen (secondary N) is 2. The maximum atomic E-state index is 12.5. The lowest BCUT2D eigenvalue weighted by atomic mass is 10.1. The zero-order valence-corrected chi connectivity index (χ0v) is 12.7. The Morgan fingerprint density at radius 3 is 2.47 bits per heavy atom. The number of amides is 4. The van der Waals surface area contributed by atoms with E-state index in [9.17, 15) is 9.59 Å². The number of carbonyl (C=O) groups is 2. The smallest absolute Gasteiger partial charge is 0.314 e. The number of hydrogen-bond acceptors (Lipinski definition) is 4. The summed E-state index contributed by atoms with van der Waals surface area (Å²) in [6, 6.07) is -0.268. The molecule has 0 aromatic rings. The lowest BCUT2D eigenvalue weighted by molar-refractivity contribution is 0.144. The van der Waals surface area contributed by atoms with E-state index >= 15 is 0 Å². The second-order valence-electron chi connectivity index (χ2n) is 4.93. The molecule has 19 heavy (non-hydrogen) atoms. The third-order valence-corrected chi connectivity index (χ3v) is 4.25. The summed E-state index contributed by atoms with van der Waals surface area (Å²) in [4.78, 5) is 27.5. The SMILES string of the molecule is CC12NC(=O)NC1N(CCCS)C(=O)N2CCCS. The second-order valence-corrected chi connectivity index (χ2v) is 5.82. The summed E-state index contributed by atoms with van der Waals surface area (Å²) in [5.41, 5.74) is -0.673. The fraction of sp³-hybridized carbons (Fsp3) is 0.818. The van der Waals surface area contributed by atoms with E-state index in [1.807, 2.05) is 6.92 Å². The van der Waals surface area contributed by atoms with Crippen molar-refractivity contribution in [3.63, 3.8) is 0 Å². The van der Waals surface area contributed by atoms with Crippen LogP contribution in [0.15, 0.2) is 0 Å². The van der Waals surface area contributed by atoms with Gasteiger partial charge in [-0.05, 0) is 31.3 Å². The minimum atomic E-state index is -0.673. The molecule has 2 saturated heterocycles. The minimum absolute atomic E-state index is 0.0384. The van der Waals surface area contributed by atoms with Crippen molar-refractivity contribution in [3.8, 4) is 0 Å². The van der Waals surface area contributed by atoms with Crippen LogP contribution in [-0.2, 0) is 0 Å². The molecule has 0 aliphatic carbocycles. The standard InChI is InChI=1S/C11H20N4O2S2/c1-11-8(12-9(16)13-11)14(4-2-6-18)10(17)15(11)5-3-7-19/h8,18-19H,2-7H2,1H3,(H2,12,13,16). The van der Waals surface area contributed by atoms with Gasteiger partial charge in [0, 0.05) is 13.1 Å². The summed E-state index contributed by atoms with van der Waals surface area (Å²) < 4.78 is 0. The van der Waals surface area contributed by atoms with Gasteiger partial charge in [-0.15, -0.1) is 0 Å². The molecule has 0 radical (unpaired) electrons. The molecule has 2 heterocycles. The van der Waals surface area contributed by atoms with E-state index in [2.05, 4.69) is 35.9 Å². The largest absolute Gasteiger partial charge is 0.323 e. The first-order chi connectivity index (χ1) is 9.04. The fourth-order valence-corrected chi connectivity index (χ4v) is 2.96. The number of rotatable bonds is 6. The first kappa shape index (κ1) is 14.6. The Hall–Kier alpha value is -0.760. The molecule has 2 aliphatic heterocycles. The van der Waals surface area contributed by atoms with Crippen LogP contribution in [0.1, 0.15) is 19.8 Å². The van der Waals surface area contributed by atoms with Crippen molar-refractivity contribution >= 4 is 37.3 Å². The van der Waals surface area contributed by atoms with Crippen LogP contribution in [0.2, 0.25) is 0 Å². The van der Waals surface area contributed by atoms with Crippen molar-refractivity contribution in [1.29, 1.82) is 0 Å². The zero-order valence-electron chi connectivity index (χ0n) is 10.9. The summed E-state index contributed by atoms with van der Waals surface area (Å²) >= 11 is 8.35. The lowest BCUT2D eigenvalue weighted by Gasteiger charge is -2.31. The Kier molecular flexibility index (Phi) is 4.39. The van der Waals surface area contributed by atoms with Crippen LogP contribution >= 0.6 is 25.3 Å². The van der Waals surface area contributed by atoms with Gasteiger partial charge in [-0.1, -0.05) is 0 Å². The molecule has 0 saturated carbocycles. The summed E-state index contributed by atoms with van der Waals surface area (Å²) in [5.74, 6) is 1.42. The summed E-state index contributed by atoms with van der Waals surface area (Å²) in [5, 5.41) is 5.68. The van der Waals surface area contributed by atoms with E-state index < -0.39 is 5.66 Å². The Morgan fingerprint density at radius 2 is 1.84 bits per heavy atom. The molecule has 6 nitrogen and oxygen atoms in total. The van der Waals surface area contributed by atoms with Crippen molar-refractivity contribution in [2.24, 2.45) is 0 Å². The van der Waals surface area contributed by atoms with E-state index in [0.717, 1.165) is 12.8 Å². The Labute approximate surface area is 124 Å². The van der Waals surface area contributed by atoms with Crippen molar-refractivity contribution in [1.82, 2.24) is 20.4 Å². The highest BCUT2D eigenvalue weighted by molar-refractivity contribution is 7.80. The quantitative estimate of drug-likeness (QED) is 0.546. The molecular formula is C11H20N4O2S2. The van der Waals surface area contributed by atoms with Gasteiger partial charge in [0.1, 0.15) is 6.17 Å². The summed E-state index contributed by atoms with van der Waals surface area (Å²) in [7, 11) is 0. The normalized spacial score (nSPS) is 29.5. The number of hydrogen-bond donors (Lipinski definition) is 4. The van der Waals surface area contributed by atoms with Gasteiger partial charge in [-0.3, -0.25) is 9.80 Å². The van der Waals surface area contributed by atoms with Crippen molar-refractivity contribution < 1.29 is 9.59 Å². The topological polar surface area (TPSA) is 64.7 Å². The van der Waals surface area contributed by atoms with Gasteiger partial charge in [-0.2, -0.15) is 25.3 Å². The first-order valence-electron chi connectivity index (χ1n) is 6.43. The fourth-order valence-electron chi connectivity index (χ4n) is 2.68.